The second-order valence-electron chi connectivity index (χ2n) is 8.04. The number of likely N-dealkylation sites (N-methyl/N-ethyl adjacent to an activating group) is 1. The third kappa shape index (κ3) is 10.5. The molecule has 0 aliphatic carbocycles. The van der Waals surface area contributed by atoms with Gasteiger partial charge in [-0.05, 0) is 51.8 Å². The first-order chi connectivity index (χ1) is 13.0. The van der Waals surface area contributed by atoms with Crippen molar-refractivity contribution in [1.29, 1.82) is 0 Å². The summed E-state index contributed by atoms with van der Waals surface area (Å²) in [5.74, 6) is 0.630. The van der Waals surface area contributed by atoms with Crippen LogP contribution >= 0.6 is 24.0 Å². The number of guanidine groups is 1. The van der Waals surface area contributed by atoms with Crippen molar-refractivity contribution in [2.45, 2.75) is 39.7 Å². The van der Waals surface area contributed by atoms with Crippen LogP contribution in [0.4, 0.5) is 0 Å². The highest BCUT2D eigenvalue weighted by molar-refractivity contribution is 14.0. The first-order valence-electron chi connectivity index (χ1n) is 9.64. The molecule has 0 saturated heterocycles. The Kier molecular flexibility index (Phi) is 11.9. The number of rotatable bonds is 7. The minimum Gasteiger partial charge on any atom is -0.357 e. The number of hydrogen-bond acceptors (Lipinski definition) is 3. The molecule has 0 aliphatic rings. The summed E-state index contributed by atoms with van der Waals surface area (Å²) in [6, 6.07) is 7.62. The van der Waals surface area contributed by atoms with Crippen molar-refractivity contribution < 1.29 is 9.59 Å². The molecule has 0 aliphatic heterocycles. The fourth-order valence-electron chi connectivity index (χ4n) is 2.63. The lowest BCUT2D eigenvalue weighted by Crippen LogP contribution is -2.48. The van der Waals surface area contributed by atoms with Crippen LogP contribution in [0, 0.1) is 0 Å². The van der Waals surface area contributed by atoms with Crippen molar-refractivity contribution in [3.8, 4) is 0 Å². The number of aliphatic imine (C=N–C) groups is 1. The van der Waals surface area contributed by atoms with E-state index in [1.807, 2.05) is 63.9 Å². The Hall–Kier alpha value is -1.84. The summed E-state index contributed by atoms with van der Waals surface area (Å²) in [4.78, 5) is 32.3. The lowest BCUT2D eigenvalue weighted by Gasteiger charge is -2.25. The molecule has 0 bridgehead atoms. The number of hydrogen-bond donors (Lipinski definition) is 2. The van der Waals surface area contributed by atoms with Gasteiger partial charge in [0.2, 0.25) is 5.91 Å². The number of carbonyl (C=O) groups excluding carboxylic acids is 2. The predicted octanol–water partition coefficient (Wildman–Crippen LogP) is 2.36. The summed E-state index contributed by atoms with van der Waals surface area (Å²) in [6.07, 6.45) is 0.714. The molecule has 164 valence electrons. The summed E-state index contributed by atoms with van der Waals surface area (Å²) >= 11 is 0. The quantitative estimate of drug-likeness (QED) is 0.331. The molecule has 0 fully saturated rings. The van der Waals surface area contributed by atoms with Crippen molar-refractivity contribution in [1.82, 2.24) is 20.4 Å². The summed E-state index contributed by atoms with van der Waals surface area (Å²) < 4.78 is 0. The Bertz CT molecular complexity index is 699. The molecule has 1 aromatic rings. The Labute approximate surface area is 192 Å². The average Bonchev–Trinajstić information content (AvgIpc) is 2.58. The van der Waals surface area contributed by atoms with Crippen LogP contribution in [0.15, 0.2) is 29.3 Å². The number of nitrogens with one attached hydrogen (secondary N) is 2. The van der Waals surface area contributed by atoms with E-state index in [1.54, 1.807) is 19.0 Å². The van der Waals surface area contributed by atoms with E-state index in [0.29, 0.717) is 24.5 Å². The van der Waals surface area contributed by atoms with Gasteiger partial charge in [0.1, 0.15) is 0 Å². The minimum atomic E-state index is -0.261. The van der Waals surface area contributed by atoms with Gasteiger partial charge in [0.05, 0.1) is 6.54 Å². The number of benzene rings is 1. The summed E-state index contributed by atoms with van der Waals surface area (Å²) in [5, 5.41) is 6.17. The van der Waals surface area contributed by atoms with Crippen molar-refractivity contribution in [3.05, 3.63) is 35.4 Å². The van der Waals surface area contributed by atoms with Crippen LogP contribution in [0.25, 0.3) is 0 Å². The van der Waals surface area contributed by atoms with Crippen molar-refractivity contribution in [2.24, 2.45) is 4.99 Å². The molecule has 8 heteroatoms. The van der Waals surface area contributed by atoms with Gasteiger partial charge in [-0.3, -0.25) is 14.6 Å². The maximum Gasteiger partial charge on any atom is 0.253 e. The van der Waals surface area contributed by atoms with E-state index in [4.69, 9.17) is 0 Å². The molecule has 2 amide bonds. The first-order valence-corrected chi connectivity index (χ1v) is 9.64. The highest BCUT2D eigenvalue weighted by Gasteiger charge is 2.16. The third-order valence-corrected chi connectivity index (χ3v) is 3.83. The molecule has 0 heterocycles. The number of amides is 2. The highest BCUT2D eigenvalue weighted by Crippen LogP contribution is 2.08. The zero-order valence-corrected chi connectivity index (χ0v) is 21.0. The van der Waals surface area contributed by atoms with Gasteiger partial charge in [0, 0.05) is 45.3 Å². The van der Waals surface area contributed by atoms with Gasteiger partial charge in [0.15, 0.2) is 5.96 Å². The maximum atomic E-state index is 12.2. The SMILES string of the molecule is CCNC(=NCCc1cccc(C(=O)N(C)C)c1)N(C)CC(=O)NC(C)(C)C.I. The Morgan fingerprint density at radius 1 is 1.14 bits per heavy atom. The predicted molar refractivity (Wildman–Crippen MR) is 130 cm³/mol. The molecule has 1 rings (SSSR count). The second-order valence-corrected chi connectivity index (χ2v) is 8.04. The number of carbonyl (C=O) groups is 2. The van der Waals surface area contributed by atoms with E-state index in [0.717, 1.165) is 12.1 Å². The Balaban J connectivity index is 0.00000784. The second kappa shape index (κ2) is 12.7. The smallest absolute Gasteiger partial charge is 0.253 e. The molecule has 2 N–H and O–H groups in total. The number of halogens is 1. The molecular formula is C21H36IN5O2. The van der Waals surface area contributed by atoms with Gasteiger partial charge in [-0.15, -0.1) is 24.0 Å². The van der Waals surface area contributed by atoms with Crippen molar-refractivity contribution in [2.75, 3.05) is 40.8 Å². The lowest BCUT2D eigenvalue weighted by atomic mass is 10.1. The Morgan fingerprint density at radius 3 is 2.34 bits per heavy atom. The lowest BCUT2D eigenvalue weighted by molar-refractivity contribution is -0.122. The average molecular weight is 517 g/mol. The summed E-state index contributed by atoms with van der Waals surface area (Å²) in [6.45, 7) is 9.38. The van der Waals surface area contributed by atoms with Gasteiger partial charge in [-0.25, -0.2) is 0 Å². The molecule has 7 nitrogen and oxygen atoms in total. The zero-order valence-electron chi connectivity index (χ0n) is 18.7. The van der Waals surface area contributed by atoms with Crippen LogP contribution in [0.3, 0.4) is 0 Å². The molecule has 0 atom stereocenters. The van der Waals surface area contributed by atoms with Crippen LogP contribution in [0.5, 0.6) is 0 Å². The minimum absolute atomic E-state index is 0. The van der Waals surface area contributed by atoms with E-state index in [2.05, 4.69) is 15.6 Å². The van der Waals surface area contributed by atoms with Crippen LogP contribution < -0.4 is 10.6 Å². The largest absolute Gasteiger partial charge is 0.357 e. The fraction of sp³-hybridized carbons (Fsp3) is 0.571. The molecule has 0 spiro atoms. The standard InChI is InChI=1S/C21H35N5O2.HI/c1-8-22-20(26(7)15-18(27)24-21(2,3)4)23-13-12-16-10-9-11-17(14-16)19(28)25(5)6;/h9-11,14H,8,12-13,15H2,1-7H3,(H,22,23)(H,24,27);1H. The topological polar surface area (TPSA) is 77.0 Å². The maximum absolute atomic E-state index is 12.2. The molecule has 0 unspecified atom stereocenters. The zero-order chi connectivity index (χ0) is 21.3. The van der Waals surface area contributed by atoms with E-state index < -0.39 is 0 Å². The molecule has 0 radical (unpaired) electrons. The fourth-order valence-corrected chi connectivity index (χ4v) is 2.63. The van der Waals surface area contributed by atoms with E-state index in [1.165, 1.54) is 0 Å². The van der Waals surface area contributed by atoms with E-state index in [-0.39, 0.29) is 47.9 Å². The molecular weight excluding hydrogens is 481 g/mol. The van der Waals surface area contributed by atoms with Gasteiger partial charge in [0.25, 0.3) is 5.91 Å². The molecule has 29 heavy (non-hydrogen) atoms. The van der Waals surface area contributed by atoms with Gasteiger partial charge >= 0.3 is 0 Å². The van der Waals surface area contributed by atoms with Crippen LogP contribution in [0.1, 0.15) is 43.6 Å². The Morgan fingerprint density at radius 2 is 1.79 bits per heavy atom. The van der Waals surface area contributed by atoms with Gasteiger partial charge in [-0.2, -0.15) is 0 Å². The summed E-state index contributed by atoms with van der Waals surface area (Å²) in [7, 11) is 5.33. The third-order valence-electron chi connectivity index (χ3n) is 3.83. The van der Waals surface area contributed by atoms with Gasteiger partial charge < -0.3 is 20.4 Å². The van der Waals surface area contributed by atoms with Crippen LogP contribution in [0.2, 0.25) is 0 Å². The van der Waals surface area contributed by atoms with Crippen LogP contribution in [-0.2, 0) is 11.2 Å². The monoisotopic (exact) mass is 517 g/mol. The first kappa shape index (κ1) is 27.2. The molecule has 1 aromatic carbocycles. The van der Waals surface area contributed by atoms with Crippen LogP contribution in [-0.4, -0.2) is 73.9 Å². The number of nitrogens with zero attached hydrogens (tertiary/aromatic N) is 3. The van der Waals surface area contributed by atoms with Crippen molar-refractivity contribution >= 4 is 41.8 Å². The molecule has 0 aromatic heterocycles. The highest BCUT2D eigenvalue weighted by atomic mass is 127. The van der Waals surface area contributed by atoms with E-state index in [9.17, 15) is 9.59 Å². The molecule has 0 saturated carbocycles. The van der Waals surface area contributed by atoms with Gasteiger partial charge in [-0.1, -0.05) is 12.1 Å². The van der Waals surface area contributed by atoms with E-state index >= 15 is 0 Å². The van der Waals surface area contributed by atoms with Crippen molar-refractivity contribution in [3.63, 3.8) is 0 Å². The normalized spacial score (nSPS) is 11.3. The summed E-state index contributed by atoms with van der Waals surface area (Å²) in [5.41, 5.74) is 1.47.